The Balaban J connectivity index is 1.25. The highest BCUT2D eigenvalue weighted by Crippen LogP contribution is 2.28. The molecule has 0 spiro atoms. The molecule has 29 heavy (non-hydrogen) atoms. The lowest BCUT2D eigenvalue weighted by Gasteiger charge is -2.31. The summed E-state index contributed by atoms with van der Waals surface area (Å²) >= 11 is 0. The quantitative estimate of drug-likeness (QED) is 0.568. The van der Waals surface area contributed by atoms with Crippen molar-refractivity contribution in [2.75, 3.05) is 32.7 Å². The van der Waals surface area contributed by atoms with Crippen LogP contribution in [0.15, 0.2) is 29.4 Å². The lowest BCUT2D eigenvalue weighted by atomic mass is 9.89. The van der Waals surface area contributed by atoms with E-state index in [9.17, 15) is 4.79 Å². The van der Waals surface area contributed by atoms with E-state index in [1.165, 1.54) is 12.8 Å². The van der Waals surface area contributed by atoms with Crippen molar-refractivity contribution in [1.29, 1.82) is 5.41 Å². The number of aliphatic carboxylic acids is 1. The summed E-state index contributed by atoms with van der Waals surface area (Å²) in [5.41, 5.74) is 3.01. The Morgan fingerprint density at radius 3 is 2.48 bits per heavy atom. The first-order chi connectivity index (χ1) is 14.1. The first kappa shape index (κ1) is 19.9. The second-order valence-electron chi connectivity index (χ2n) is 8.44. The molecule has 3 aliphatic rings. The van der Waals surface area contributed by atoms with E-state index in [0.29, 0.717) is 11.8 Å². The van der Waals surface area contributed by atoms with Gasteiger partial charge < -0.3 is 14.8 Å². The maximum absolute atomic E-state index is 10.8. The van der Waals surface area contributed by atoms with Gasteiger partial charge in [-0.3, -0.25) is 15.1 Å². The largest absolute Gasteiger partial charge is 0.480 e. The van der Waals surface area contributed by atoms with Gasteiger partial charge in [0.2, 0.25) is 0 Å². The van der Waals surface area contributed by atoms with Crippen molar-refractivity contribution in [3.8, 4) is 0 Å². The highest BCUT2D eigenvalue weighted by atomic mass is 16.6. The van der Waals surface area contributed by atoms with Crippen LogP contribution < -0.4 is 0 Å². The number of hydrogen-bond donors (Lipinski definition) is 2. The smallest absolute Gasteiger partial charge is 0.317 e. The minimum absolute atomic E-state index is 0.114. The number of carbonyl (C=O) groups is 1. The van der Waals surface area contributed by atoms with Crippen LogP contribution in [0.3, 0.4) is 0 Å². The van der Waals surface area contributed by atoms with Crippen molar-refractivity contribution >= 4 is 17.5 Å². The van der Waals surface area contributed by atoms with Gasteiger partial charge in [-0.2, -0.15) is 0 Å². The van der Waals surface area contributed by atoms with Crippen LogP contribution in [0.4, 0.5) is 0 Å². The van der Waals surface area contributed by atoms with Gasteiger partial charge in [0.15, 0.2) is 0 Å². The van der Waals surface area contributed by atoms with Crippen molar-refractivity contribution in [2.45, 2.75) is 44.6 Å². The maximum Gasteiger partial charge on any atom is 0.317 e. The lowest BCUT2D eigenvalue weighted by molar-refractivity contribution is -0.138. The van der Waals surface area contributed by atoms with Crippen molar-refractivity contribution in [1.82, 2.24) is 9.80 Å². The molecule has 3 aliphatic heterocycles. The molecule has 0 radical (unpaired) electrons. The molecule has 1 aromatic rings. The Labute approximate surface area is 171 Å². The van der Waals surface area contributed by atoms with Gasteiger partial charge in [-0.05, 0) is 56.7 Å². The van der Waals surface area contributed by atoms with Crippen LogP contribution in [-0.2, 0) is 9.63 Å². The first-order valence-electron chi connectivity index (χ1n) is 10.7. The zero-order valence-electron chi connectivity index (χ0n) is 16.8. The molecule has 0 saturated carbocycles. The van der Waals surface area contributed by atoms with Crippen LogP contribution in [0.25, 0.3) is 0 Å². The van der Waals surface area contributed by atoms with Gasteiger partial charge in [0.1, 0.15) is 11.9 Å². The van der Waals surface area contributed by atoms with E-state index in [0.717, 1.165) is 68.7 Å². The summed E-state index contributed by atoms with van der Waals surface area (Å²) in [6.07, 6.45) is 6.31. The molecule has 156 valence electrons. The van der Waals surface area contributed by atoms with Gasteiger partial charge in [-0.25, -0.2) is 0 Å². The van der Waals surface area contributed by atoms with E-state index in [4.69, 9.17) is 15.4 Å². The average molecular weight is 399 g/mol. The van der Waals surface area contributed by atoms with E-state index < -0.39 is 5.97 Å². The molecule has 2 N–H and O–H groups in total. The van der Waals surface area contributed by atoms with Crippen LogP contribution >= 0.6 is 0 Å². The van der Waals surface area contributed by atoms with Crippen molar-refractivity contribution in [2.24, 2.45) is 11.1 Å². The van der Waals surface area contributed by atoms with Gasteiger partial charge >= 0.3 is 5.97 Å². The molecule has 0 aliphatic carbocycles. The number of piperidine rings is 1. The minimum atomic E-state index is -0.748. The van der Waals surface area contributed by atoms with Gasteiger partial charge in [0.05, 0.1) is 12.3 Å². The monoisotopic (exact) mass is 398 g/mol. The molecular formula is C22H30N4O3. The summed E-state index contributed by atoms with van der Waals surface area (Å²) in [6, 6.07) is 8.14. The fourth-order valence-corrected chi connectivity index (χ4v) is 4.61. The fraction of sp³-hybridized carbons (Fsp3) is 0.591. The predicted molar refractivity (Wildman–Crippen MR) is 112 cm³/mol. The molecule has 0 bridgehead atoms. The summed E-state index contributed by atoms with van der Waals surface area (Å²) in [7, 11) is 0. The van der Waals surface area contributed by atoms with E-state index in [1.54, 1.807) is 0 Å². The normalized spacial score (nSPS) is 23.1. The standard InChI is InChI=1S/C22H30N4O3/c23-22(26-9-1-2-10-26)18-5-3-17(4-6-18)20-14-19(29-24-20)13-16-7-11-25(12-8-16)15-21(27)28/h3-6,16,19,23H,1-2,7-15H2,(H,27,28). The molecule has 7 heteroatoms. The van der Waals surface area contributed by atoms with Gasteiger partial charge in [0, 0.05) is 25.1 Å². The molecular weight excluding hydrogens is 368 g/mol. The molecule has 2 saturated heterocycles. The van der Waals surface area contributed by atoms with Crippen LogP contribution in [0.5, 0.6) is 0 Å². The van der Waals surface area contributed by atoms with Gasteiger partial charge in [0.25, 0.3) is 0 Å². The SMILES string of the molecule is N=C(c1ccc(C2=NOC(CC3CCN(CC(=O)O)CC3)C2)cc1)N1CCCC1. The summed E-state index contributed by atoms with van der Waals surface area (Å²) in [6.45, 7) is 3.81. The molecule has 1 aromatic carbocycles. The Morgan fingerprint density at radius 2 is 1.83 bits per heavy atom. The number of oxime groups is 1. The zero-order valence-corrected chi connectivity index (χ0v) is 16.8. The molecule has 2 fully saturated rings. The van der Waals surface area contributed by atoms with E-state index in [-0.39, 0.29) is 12.6 Å². The van der Waals surface area contributed by atoms with Crippen molar-refractivity contribution in [3.05, 3.63) is 35.4 Å². The third-order valence-corrected chi connectivity index (χ3v) is 6.31. The summed E-state index contributed by atoms with van der Waals surface area (Å²) < 4.78 is 0. The molecule has 7 nitrogen and oxygen atoms in total. The van der Waals surface area contributed by atoms with E-state index >= 15 is 0 Å². The van der Waals surface area contributed by atoms with E-state index in [2.05, 4.69) is 22.2 Å². The highest BCUT2D eigenvalue weighted by Gasteiger charge is 2.28. The van der Waals surface area contributed by atoms with Crippen LogP contribution in [-0.4, -0.2) is 71.3 Å². The van der Waals surface area contributed by atoms with Crippen LogP contribution in [0, 0.1) is 11.3 Å². The molecule has 3 heterocycles. The third-order valence-electron chi connectivity index (χ3n) is 6.31. The van der Waals surface area contributed by atoms with Crippen LogP contribution in [0.2, 0.25) is 0 Å². The number of rotatable bonds is 6. The maximum atomic E-state index is 10.8. The number of nitrogens with one attached hydrogen (secondary N) is 1. The number of amidine groups is 1. The lowest BCUT2D eigenvalue weighted by Crippen LogP contribution is -2.38. The number of nitrogens with zero attached hydrogens (tertiary/aromatic N) is 3. The Hall–Kier alpha value is -2.41. The summed E-state index contributed by atoms with van der Waals surface area (Å²) in [4.78, 5) is 20.7. The number of benzene rings is 1. The molecule has 4 rings (SSSR count). The van der Waals surface area contributed by atoms with Crippen molar-refractivity contribution < 1.29 is 14.7 Å². The minimum Gasteiger partial charge on any atom is -0.480 e. The Morgan fingerprint density at radius 1 is 1.14 bits per heavy atom. The Kier molecular flexibility index (Phi) is 6.13. The third kappa shape index (κ3) is 4.96. The van der Waals surface area contributed by atoms with Gasteiger partial charge in [-0.1, -0.05) is 29.4 Å². The second kappa shape index (κ2) is 8.95. The average Bonchev–Trinajstić information content (AvgIpc) is 3.41. The summed E-state index contributed by atoms with van der Waals surface area (Å²) in [5.74, 6) is 0.441. The number of carboxylic acids is 1. The Bertz CT molecular complexity index is 763. The van der Waals surface area contributed by atoms with Crippen LogP contribution in [0.1, 0.15) is 49.7 Å². The van der Waals surface area contributed by atoms with Crippen molar-refractivity contribution in [3.63, 3.8) is 0 Å². The topological polar surface area (TPSA) is 89.2 Å². The number of hydrogen-bond acceptors (Lipinski definition) is 5. The molecule has 0 amide bonds. The molecule has 1 atom stereocenters. The van der Waals surface area contributed by atoms with Gasteiger partial charge in [-0.15, -0.1) is 0 Å². The fourth-order valence-electron chi connectivity index (χ4n) is 4.61. The second-order valence-corrected chi connectivity index (χ2v) is 8.44. The highest BCUT2D eigenvalue weighted by molar-refractivity contribution is 6.02. The number of carboxylic acid groups (broad SMARTS) is 1. The zero-order chi connectivity index (χ0) is 20.2. The van der Waals surface area contributed by atoms with E-state index in [1.807, 2.05) is 17.0 Å². The predicted octanol–water partition coefficient (Wildman–Crippen LogP) is 2.79. The first-order valence-corrected chi connectivity index (χ1v) is 10.7. The number of likely N-dealkylation sites (tertiary alicyclic amines) is 2. The summed E-state index contributed by atoms with van der Waals surface area (Å²) in [5, 5.41) is 21.6. The molecule has 1 unspecified atom stereocenters. The molecule has 0 aromatic heterocycles.